The fraction of sp³-hybridized carbons (Fsp3) is 0.0417. The molecule has 152 valence electrons. The van der Waals surface area contributed by atoms with Crippen molar-refractivity contribution in [1.82, 2.24) is 15.0 Å². The molecule has 0 aliphatic heterocycles. The summed E-state index contributed by atoms with van der Waals surface area (Å²) in [6, 6.07) is 26.6. The Labute approximate surface area is 183 Å². The summed E-state index contributed by atoms with van der Waals surface area (Å²) < 4.78 is 5.65. The summed E-state index contributed by atoms with van der Waals surface area (Å²) in [5.41, 5.74) is 2.56. The first kappa shape index (κ1) is 19.1. The van der Waals surface area contributed by atoms with Crippen LogP contribution in [0.5, 0.6) is 5.75 Å². The minimum atomic E-state index is -0.315. The highest BCUT2D eigenvalue weighted by Gasteiger charge is 2.12. The van der Waals surface area contributed by atoms with E-state index in [0.717, 1.165) is 16.5 Å². The quantitative estimate of drug-likeness (QED) is 0.415. The number of carbonyl (C=O) groups is 1. The Balaban J connectivity index is 1.30. The molecule has 1 N–H and O–H groups in total. The molecular formula is C24H17ClN4O2. The van der Waals surface area contributed by atoms with Gasteiger partial charge in [-0.25, -0.2) is 0 Å². The molecular weight excluding hydrogens is 412 g/mol. The first-order valence-corrected chi connectivity index (χ1v) is 10.1. The topological polar surface area (TPSA) is 69.0 Å². The molecule has 7 heteroatoms. The molecule has 0 aliphatic carbocycles. The molecule has 0 unspecified atom stereocenters. The van der Waals surface area contributed by atoms with Crippen LogP contribution in [0.15, 0.2) is 84.9 Å². The van der Waals surface area contributed by atoms with Crippen LogP contribution < -0.4 is 10.1 Å². The van der Waals surface area contributed by atoms with Crippen LogP contribution in [0.4, 0.5) is 5.69 Å². The molecule has 4 aromatic carbocycles. The van der Waals surface area contributed by atoms with Crippen molar-refractivity contribution in [1.29, 1.82) is 0 Å². The molecule has 0 saturated heterocycles. The predicted octanol–water partition coefficient (Wildman–Crippen LogP) is 5.24. The highest BCUT2D eigenvalue weighted by molar-refractivity contribution is 6.34. The van der Waals surface area contributed by atoms with Crippen LogP contribution in [0.2, 0.25) is 5.02 Å². The van der Waals surface area contributed by atoms with E-state index >= 15 is 0 Å². The highest BCUT2D eigenvalue weighted by Crippen LogP contribution is 2.27. The molecule has 0 radical (unpaired) electrons. The molecule has 6 nitrogen and oxygen atoms in total. The molecule has 1 heterocycles. The van der Waals surface area contributed by atoms with Crippen LogP contribution in [0.25, 0.3) is 27.5 Å². The number of ether oxygens (including phenoxy) is 1. The number of rotatable bonds is 5. The highest BCUT2D eigenvalue weighted by atomic mass is 35.5. The number of carbonyl (C=O) groups excluding carboxylic acids is 1. The van der Waals surface area contributed by atoms with Gasteiger partial charge in [0.05, 0.1) is 16.4 Å². The molecule has 5 aromatic rings. The molecule has 31 heavy (non-hydrogen) atoms. The van der Waals surface area contributed by atoms with Crippen LogP contribution in [-0.4, -0.2) is 27.5 Å². The Morgan fingerprint density at radius 1 is 0.871 bits per heavy atom. The van der Waals surface area contributed by atoms with Gasteiger partial charge in [0, 0.05) is 0 Å². The van der Waals surface area contributed by atoms with E-state index in [2.05, 4.69) is 15.5 Å². The third kappa shape index (κ3) is 4.06. The van der Waals surface area contributed by atoms with Crippen LogP contribution >= 0.6 is 11.6 Å². The largest absolute Gasteiger partial charge is 0.484 e. The molecule has 0 saturated carbocycles. The van der Waals surface area contributed by atoms with Crippen molar-refractivity contribution in [2.45, 2.75) is 0 Å². The van der Waals surface area contributed by atoms with Gasteiger partial charge in [-0.1, -0.05) is 60.1 Å². The average molecular weight is 429 g/mol. The molecule has 1 amide bonds. The number of halogens is 1. The van der Waals surface area contributed by atoms with Crippen LogP contribution in [0.3, 0.4) is 0 Å². The zero-order valence-electron chi connectivity index (χ0n) is 16.3. The van der Waals surface area contributed by atoms with Gasteiger partial charge in [-0.3, -0.25) is 4.79 Å². The van der Waals surface area contributed by atoms with Crippen LogP contribution in [0, 0.1) is 0 Å². The van der Waals surface area contributed by atoms with Gasteiger partial charge < -0.3 is 10.1 Å². The number of anilines is 1. The monoisotopic (exact) mass is 428 g/mol. The molecule has 5 rings (SSSR count). The first-order chi connectivity index (χ1) is 15.2. The lowest BCUT2D eigenvalue weighted by atomic mass is 10.1. The van der Waals surface area contributed by atoms with Gasteiger partial charge in [-0.2, -0.15) is 4.80 Å². The smallest absolute Gasteiger partial charge is 0.262 e. The zero-order valence-corrected chi connectivity index (χ0v) is 17.1. The summed E-state index contributed by atoms with van der Waals surface area (Å²) in [5.74, 6) is 0.311. The molecule has 0 spiro atoms. The molecule has 0 aliphatic rings. The summed E-state index contributed by atoms with van der Waals surface area (Å²) in [6.45, 7) is -0.136. The number of benzene rings is 4. The second-order valence-electron chi connectivity index (χ2n) is 6.99. The van der Waals surface area contributed by atoms with E-state index in [4.69, 9.17) is 16.3 Å². The average Bonchev–Trinajstić information content (AvgIpc) is 3.21. The third-order valence-electron chi connectivity index (χ3n) is 4.82. The van der Waals surface area contributed by atoms with Gasteiger partial charge >= 0.3 is 0 Å². The number of hydrogen-bond acceptors (Lipinski definition) is 4. The van der Waals surface area contributed by atoms with Gasteiger partial charge in [-0.15, -0.1) is 10.2 Å². The Kier molecular flexibility index (Phi) is 4.98. The number of aromatic nitrogens is 3. The maximum Gasteiger partial charge on any atom is 0.262 e. The number of fused-ring (bicyclic) bond motifs is 2. The summed E-state index contributed by atoms with van der Waals surface area (Å²) in [7, 11) is 0. The Morgan fingerprint density at radius 2 is 1.58 bits per heavy atom. The minimum absolute atomic E-state index is 0.136. The van der Waals surface area contributed by atoms with E-state index < -0.39 is 0 Å². The zero-order chi connectivity index (χ0) is 21.2. The molecule has 0 bridgehead atoms. The number of amides is 1. The number of hydrogen-bond donors (Lipinski definition) is 1. The second kappa shape index (κ2) is 8.08. The lowest BCUT2D eigenvalue weighted by Gasteiger charge is -2.09. The lowest BCUT2D eigenvalue weighted by Crippen LogP contribution is -2.20. The van der Waals surface area contributed by atoms with Gasteiger partial charge in [-0.05, 0) is 47.2 Å². The molecule has 0 fully saturated rings. The van der Waals surface area contributed by atoms with Gasteiger partial charge in [0.15, 0.2) is 6.61 Å². The third-order valence-corrected chi connectivity index (χ3v) is 5.13. The molecule has 0 atom stereocenters. The Morgan fingerprint density at radius 3 is 2.39 bits per heavy atom. The normalized spacial score (nSPS) is 11.0. The van der Waals surface area contributed by atoms with Gasteiger partial charge in [0.25, 0.3) is 5.91 Å². The van der Waals surface area contributed by atoms with Crippen molar-refractivity contribution in [2.24, 2.45) is 0 Å². The standard InChI is InChI=1S/C24H17ClN4O2/c25-20-13-22-23(28-29(27-22)18-8-2-1-3-9-18)14-21(20)26-24(30)15-31-19-11-10-16-6-4-5-7-17(16)12-19/h1-14H,15H2,(H,26,30). The number of nitrogens with one attached hydrogen (secondary N) is 1. The second-order valence-corrected chi connectivity index (χ2v) is 7.40. The van der Waals surface area contributed by atoms with E-state index in [9.17, 15) is 4.79 Å². The fourth-order valence-electron chi connectivity index (χ4n) is 3.30. The van der Waals surface area contributed by atoms with Crippen LogP contribution in [0.1, 0.15) is 0 Å². The minimum Gasteiger partial charge on any atom is -0.484 e. The maximum atomic E-state index is 12.4. The van der Waals surface area contributed by atoms with E-state index in [1.54, 1.807) is 12.1 Å². The van der Waals surface area contributed by atoms with E-state index in [0.29, 0.717) is 27.5 Å². The summed E-state index contributed by atoms with van der Waals surface area (Å²) >= 11 is 6.35. The van der Waals surface area contributed by atoms with Crippen molar-refractivity contribution in [2.75, 3.05) is 11.9 Å². The Bertz CT molecular complexity index is 1400. The number of nitrogens with zero attached hydrogens (tertiary/aromatic N) is 3. The Hall–Kier alpha value is -3.90. The van der Waals surface area contributed by atoms with Gasteiger partial charge in [0.1, 0.15) is 16.8 Å². The fourth-order valence-corrected chi connectivity index (χ4v) is 3.51. The SMILES string of the molecule is O=C(COc1ccc2ccccc2c1)Nc1cc2nn(-c3ccccc3)nc2cc1Cl. The van der Waals surface area contributed by atoms with E-state index in [1.165, 1.54) is 4.80 Å². The van der Waals surface area contributed by atoms with Crippen LogP contribution in [-0.2, 0) is 4.79 Å². The van der Waals surface area contributed by atoms with Crippen molar-refractivity contribution < 1.29 is 9.53 Å². The lowest BCUT2D eigenvalue weighted by molar-refractivity contribution is -0.118. The first-order valence-electron chi connectivity index (χ1n) is 9.69. The van der Waals surface area contributed by atoms with Crippen molar-refractivity contribution >= 4 is 45.0 Å². The molecule has 1 aromatic heterocycles. The van der Waals surface area contributed by atoms with Gasteiger partial charge in [0.2, 0.25) is 0 Å². The maximum absolute atomic E-state index is 12.4. The van der Waals surface area contributed by atoms with E-state index in [1.807, 2.05) is 72.8 Å². The van der Waals surface area contributed by atoms with Crippen molar-refractivity contribution in [3.8, 4) is 11.4 Å². The van der Waals surface area contributed by atoms with E-state index in [-0.39, 0.29) is 12.5 Å². The predicted molar refractivity (Wildman–Crippen MR) is 122 cm³/mol. The van der Waals surface area contributed by atoms with Crippen molar-refractivity contribution in [3.63, 3.8) is 0 Å². The van der Waals surface area contributed by atoms with Crippen molar-refractivity contribution in [3.05, 3.63) is 90.0 Å². The summed E-state index contributed by atoms with van der Waals surface area (Å²) in [6.07, 6.45) is 0. The summed E-state index contributed by atoms with van der Waals surface area (Å²) in [4.78, 5) is 14.0. The summed E-state index contributed by atoms with van der Waals surface area (Å²) in [5, 5.41) is 14.3. The number of para-hydroxylation sites is 1.